The number of nitrogens with zero attached hydrogens (tertiary/aromatic N) is 3. The molecule has 7 nitrogen and oxygen atoms in total. The van der Waals surface area contributed by atoms with Gasteiger partial charge in [0.1, 0.15) is 5.82 Å². The summed E-state index contributed by atoms with van der Waals surface area (Å²) in [5.41, 5.74) is 1.44. The summed E-state index contributed by atoms with van der Waals surface area (Å²) >= 11 is 0. The topological polar surface area (TPSA) is 81.3 Å². The second kappa shape index (κ2) is 6.87. The van der Waals surface area contributed by atoms with Crippen molar-refractivity contribution in [1.82, 2.24) is 20.4 Å². The van der Waals surface area contributed by atoms with Crippen LogP contribution in [0, 0.1) is 11.7 Å². The number of piperazine rings is 1. The quantitative estimate of drug-likeness (QED) is 0.861. The van der Waals surface area contributed by atoms with Crippen molar-refractivity contribution in [3.63, 3.8) is 0 Å². The number of anilines is 1. The summed E-state index contributed by atoms with van der Waals surface area (Å²) in [6.07, 6.45) is 3.40. The lowest BCUT2D eigenvalue weighted by molar-refractivity contribution is -0.139. The van der Waals surface area contributed by atoms with E-state index < -0.39 is 5.92 Å². The number of carbonyl (C=O) groups excluding carboxylic acids is 2. The van der Waals surface area contributed by atoms with Crippen LogP contribution >= 0.6 is 0 Å². The number of nitrogens with one attached hydrogen (secondary N) is 2. The smallest absolute Gasteiger partial charge is 0.228 e. The molecule has 0 aliphatic carbocycles. The predicted molar refractivity (Wildman–Crippen MR) is 92.8 cm³/mol. The van der Waals surface area contributed by atoms with Gasteiger partial charge in [-0.3, -0.25) is 14.7 Å². The summed E-state index contributed by atoms with van der Waals surface area (Å²) in [4.78, 5) is 28.8. The Bertz CT molecular complexity index is 810. The molecular formula is C18H20FN5O2. The highest BCUT2D eigenvalue weighted by Gasteiger charge is 2.40. The number of aromatic amines is 1. The van der Waals surface area contributed by atoms with Crippen LogP contribution in [0.25, 0.3) is 0 Å². The Kier molecular flexibility index (Phi) is 4.42. The fourth-order valence-corrected chi connectivity index (χ4v) is 3.73. The van der Waals surface area contributed by atoms with E-state index in [1.54, 1.807) is 28.3 Å². The Labute approximate surface area is 150 Å². The van der Waals surface area contributed by atoms with E-state index in [0.717, 1.165) is 5.56 Å². The van der Waals surface area contributed by atoms with Crippen LogP contribution in [-0.4, -0.2) is 53.1 Å². The summed E-state index contributed by atoms with van der Waals surface area (Å²) in [5, 5.41) is 9.81. The summed E-state index contributed by atoms with van der Waals surface area (Å²) in [5.74, 6) is -0.850. The predicted octanol–water partition coefficient (Wildman–Crippen LogP) is 1.07. The summed E-state index contributed by atoms with van der Waals surface area (Å²) < 4.78 is 13.6. The Morgan fingerprint density at radius 1 is 1.35 bits per heavy atom. The monoisotopic (exact) mass is 357 g/mol. The summed E-state index contributed by atoms with van der Waals surface area (Å²) in [7, 11) is 0. The lowest BCUT2D eigenvalue weighted by Gasteiger charge is -2.38. The highest BCUT2D eigenvalue weighted by atomic mass is 19.1. The third-order valence-corrected chi connectivity index (χ3v) is 5.03. The molecule has 1 aromatic carbocycles. The van der Waals surface area contributed by atoms with Gasteiger partial charge < -0.3 is 15.1 Å². The Morgan fingerprint density at radius 3 is 3.00 bits per heavy atom. The third-order valence-electron chi connectivity index (χ3n) is 5.03. The number of carbonyl (C=O) groups is 2. The van der Waals surface area contributed by atoms with Crippen molar-refractivity contribution in [3.05, 3.63) is 48.0 Å². The van der Waals surface area contributed by atoms with E-state index in [2.05, 4.69) is 15.5 Å². The first-order chi connectivity index (χ1) is 12.6. The fourth-order valence-electron chi connectivity index (χ4n) is 3.73. The first kappa shape index (κ1) is 16.7. The van der Waals surface area contributed by atoms with Crippen LogP contribution in [0.15, 0.2) is 36.7 Å². The zero-order valence-corrected chi connectivity index (χ0v) is 14.2. The van der Waals surface area contributed by atoms with E-state index in [1.165, 1.54) is 12.1 Å². The van der Waals surface area contributed by atoms with Crippen molar-refractivity contribution in [2.75, 3.05) is 31.1 Å². The van der Waals surface area contributed by atoms with Gasteiger partial charge in [0.05, 0.1) is 23.8 Å². The van der Waals surface area contributed by atoms with Crippen LogP contribution < -0.4 is 10.2 Å². The number of halogens is 1. The van der Waals surface area contributed by atoms with Gasteiger partial charge in [0.2, 0.25) is 11.8 Å². The standard InChI is InChI=1S/C18H20FN5O2/c19-14-3-1-2-12(6-14)16-10-20-4-5-23(16)18(26)13-7-17(25)24(11-13)15-8-21-22-9-15/h1-3,6,8-9,13,16,20H,4-5,7,10-11H2,(H,21,22). The molecule has 2 N–H and O–H groups in total. The van der Waals surface area contributed by atoms with E-state index in [0.29, 0.717) is 31.9 Å². The van der Waals surface area contributed by atoms with Gasteiger partial charge in [-0.25, -0.2) is 4.39 Å². The summed E-state index contributed by atoms with van der Waals surface area (Å²) in [6.45, 7) is 2.14. The van der Waals surface area contributed by atoms with Crippen molar-refractivity contribution >= 4 is 17.5 Å². The van der Waals surface area contributed by atoms with E-state index in [1.807, 2.05) is 6.07 Å². The van der Waals surface area contributed by atoms with Crippen molar-refractivity contribution in [2.45, 2.75) is 12.5 Å². The summed E-state index contributed by atoms with van der Waals surface area (Å²) in [6, 6.07) is 6.12. The molecule has 0 spiro atoms. The van der Waals surface area contributed by atoms with Crippen molar-refractivity contribution in [3.8, 4) is 0 Å². The van der Waals surface area contributed by atoms with Crippen LogP contribution in [0.5, 0.6) is 0 Å². The number of amides is 2. The molecule has 8 heteroatoms. The molecule has 1 aromatic heterocycles. The molecule has 2 amide bonds. The minimum atomic E-state index is -0.397. The average Bonchev–Trinajstić information content (AvgIpc) is 3.30. The van der Waals surface area contributed by atoms with E-state index >= 15 is 0 Å². The molecule has 2 unspecified atom stereocenters. The second-order valence-corrected chi connectivity index (χ2v) is 6.67. The molecule has 4 rings (SSSR count). The van der Waals surface area contributed by atoms with Crippen LogP contribution in [0.1, 0.15) is 18.0 Å². The molecular weight excluding hydrogens is 337 g/mol. The Balaban J connectivity index is 1.53. The van der Waals surface area contributed by atoms with Crippen LogP contribution in [0.3, 0.4) is 0 Å². The largest absolute Gasteiger partial charge is 0.333 e. The van der Waals surface area contributed by atoms with E-state index in [-0.39, 0.29) is 30.1 Å². The second-order valence-electron chi connectivity index (χ2n) is 6.67. The van der Waals surface area contributed by atoms with Crippen molar-refractivity contribution in [1.29, 1.82) is 0 Å². The molecule has 2 fully saturated rings. The van der Waals surface area contributed by atoms with E-state index in [9.17, 15) is 14.0 Å². The molecule has 2 aromatic rings. The minimum absolute atomic E-state index is 0.0555. The van der Waals surface area contributed by atoms with Gasteiger partial charge >= 0.3 is 0 Å². The minimum Gasteiger partial charge on any atom is -0.333 e. The molecule has 3 heterocycles. The van der Waals surface area contributed by atoms with Crippen LogP contribution in [0.2, 0.25) is 0 Å². The van der Waals surface area contributed by atoms with Crippen molar-refractivity contribution < 1.29 is 14.0 Å². The van der Waals surface area contributed by atoms with Crippen LogP contribution in [0.4, 0.5) is 10.1 Å². The number of H-pyrrole nitrogens is 1. The molecule has 2 atom stereocenters. The number of benzene rings is 1. The van der Waals surface area contributed by atoms with Gasteiger partial charge in [0.15, 0.2) is 0 Å². The van der Waals surface area contributed by atoms with Crippen LogP contribution in [-0.2, 0) is 9.59 Å². The highest BCUT2D eigenvalue weighted by molar-refractivity contribution is 6.00. The first-order valence-electron chi connectivity index (χ1n) is 8.69. The van der Waals surface area contributed by atoms with E-state index in [4.69, 9.17) is 0 Å². The molecule has 2 aliphatic heterocycles. The van der Waals surface area contributed by atoms with Gasteiger partial charge in [-0.1, -0.05) is 12.1 Å². The number of rotatable bonds is 3. The molecule has 2 aliphatic rings. The zero-order chi connectivity index (χ0) is 18.1. The Hall–Kier alpha value is -2.74. The zero-order valence-electron chi connectivity index (χ0n) is 14.2. The fraction of sp³-hybridized carbons (Fsp3) is 0.389. The van der Waals surface area contributed by atoms with Gasteiger partial charge in [0, 0.05) is 38.8 Å². The molecule has 136 valence electrons. The first-order valence-corrected chi connectivity index (χ1v) is 8.69. The Morgan fingerprint density at radius 2 is 2.23 bits per heavy atom. The third kappa shape index (κ3) is 3.08. The lowest BCUT2D eigenvalue weighted by atomic mass is 9.99. The highest BCUT2D eigenvalue weighted by Crippen LogP contribution is 2.30. The number of aromatic nitrogens is 2. The van der Waals surface area contributed by atoms with Crippen molar-refractivity contribution in [2.24, 2.45) is 5.92 Å². The average molecular weight is 357 g/mol. The number of hydrogen-bond acceptors (Lipinski definition) is 4. The normalized spacial score (nSPS) is 23.5. The molecule has 0 saturated carbocycles. The maximum atomic E-state index is 13.6. The number of hydrogen-bond donors (Lipinski definition) is 2. The van der Waals surface area contributed by atoms with Gasteiger partial charge in [-0.2, -0.15) is 5.10 Å². The van der Waals surface area contributed by atoms with Gasteiger partial charge in [-0.05, 0) is 17.7 Å². The van der Waals surface area contributed by atoms with Gasteiger partial charge in [0.25, 0.3) is 0 Å². The molecule has 26 heavy (non-hydrogen) atoms. The SMILES string of the molecule is O=C1CC(C(=O)N2CCNCC2c2cccc(F)c2)CN1c1cn[nH]c1. The maximum Gasteiger partial charge on any atom is 0.228 e. The molecule has 2 saturated heterocycles. The van der Waals surface area contributed by atoms with Gasteiger partial charge in [-0.15, -0.1) is 0 Å². The lowest BCUT2D eigenvalue weighted by Crippen LogP contribution is -2.50. The molecule has 0 radical (unpaired) electrons. The maximum absolute atomic E-state index is 13.6. The molecule has 0 bridgehead atoms.